The second kappa shape index (κ2) is 8.64. The summed E-state index contributed by atoms with van der Waals surface area (Å²) >= 11 is 0. The van der Waals surface area contributed by atoms with Gasteiger partial charge in [0.15, 0.2) is 0 Å². The van der Waals surface area contributed by atoms with Gasteiger partial charge in [0.25, 0.3) is 0 Å². The SMILES string of the molecule is Cc1cccc(N2CCN(S(=O)(=O)CCNC(=O)CC34CC5CC(CC(C5)C3)C4)CC2)c1. The van der Waals surface area contributed by atoms with Gasteiger partial charge in [-0.25, -0.2) is 8.42 Å². The molecule has 1 N–H and O–H groups in total. The smallest absolute Gasteiger partial charge is 0.220 e. The molecular weight excluding hydrogens is 422 g/mol. The van der Waals surface area contributed by atoms with Gasteiger partial charge in [-0.05, 0) is 86.3 Å². The first kappa shape index (κ1) is 22.2. The van der Waals surface area contributed by atoms with E-state index in [2.05, 4.69) is 35.3 Å². The van der Waals surface area contributed by atoms with Crippen molar-refractivity contribution in [3.63, 3.8) is 0 Å². The molecule has 0 aromatic heterocycles. The molecule has 5 fully saturated rings. The molecule has 1 saturated heterocycles. The Kier molecular flexibility index (Phi) is 5.99. The van der Waals surface area contributed by atoms with Crippen LogP contribution in [0, 0.1) is 30.1 Å². The highest BCUT2D eigenvalue weighted by Crippen LogP contribution is 2.61. The van der Waals surface area contributed by atoms with Gasteiger partial charge in [0, 0.05) is 44.8 Å². The number of rotatable bonds is 7. The second-order valence-corrected chi connectivity index (χ2v) is 13.1. The topological polar surface area (TPSA) is 69.7 Å². The first-order valence-corrected chi connectivity index (χ1v) is 14.0. The van der Waals surface area contributed by atoms with Crippen molar-refractivity contribution in [2.45, 2.75) is 51.9 Å². The van der Waals surface area contributed by atoms with Gasteiger partial charge < -0.3 is 10.2 Å². The number of hydrogen-bond acceptors (Lipinski definition) is 4. The summed E-state index contributed by atoms with van der Waals surface area (Å²) in [5.74, 6) is 2.52. The summed E-state index contributed by atoms with van der Waals surface area (Å²) in [6.07, 6.45) is 8.32. The van der Waals surface area contributed by atoms with Crippen LogP contribution < -0.4 is 10.2 Å². The fourth-order valence-electron chi connectivity index (χ4n) is 7.41. The zero-order valence-electron chi connectivity index (χ0n) is 19.3. The average Bonchev–Trinajstić information content (AvgIpc) is 2.72. The Hall–Kier alpha value is -1.60. The number of anilines is 1. The van der Waals surface area contributed by atoms with Gasteiger partial charge in [-0.1, -0.05) is 12.1 Å². The molecule has 6 nitrogen and oxygen atoms in total. The van der Waals surface area contributed by atoms with E-state index in [-0.39, 0.29) is 23.6 Å². The molecule has 4 bridgehead atoms. The molecule has 5 aliphatic rings. The van der Waals surface area contributed by atoms with Crippen molar-refractivity contribution >= 4 is 21.6 Å². The van der Waals surface area contributed by atoms with Gasteiger partial charge in [-0.15, -0.1) is 0 Å². The van der Waals surface area contributed by atoms with E-state index in [1.807, 2.05) is 6.07 Å². The van der Waals surface area contributed by atoms with E-state index in [9.17, 15) is 13.2 Å². The molecule has 6 rings (SSSR count). The van der Waals surface area contributed by atoms with E-state index in [1.54, 1.807) is 4.31 Å². The van der Waals surface area contributed by atoms with Crippen molar-refractivity contribution in [1.29, 1.82) is 0 Å². The maximum absolute atomic E-state index is 12.8. The molecule has 0 radical (unpaired) electrons. The molecule has 1 heterocycles. The number of aryl methyl sites for hydroxylation is 1. The molecule has 0 unspecified atom stereocenters. The first-order chi connectivity index (χ1) is 15.3. The monoisotopic (exact) mass is 459 g/mol. The van der Waals surface area contributed by atoms with E-state index < -0.39 is 10.0 Å². The van der Waals surface area contributed by atoms with Crippen molar-refractivity contribution in [1.82, 2.24) is 9.62 Å². The Bertz CT molecular complexity index is 918. The fourth-order valence-corrected chi connectivity index (χ4v) is 8.75. The maximum atomic E-state index is 12.8. The number of carbonyl (C=O) groups is 1. The number of carbonyl (C=O) groups excluding carboxylic acids is 1. The molecule has 1 amide bonds. The van der Waals surface area contributed by atoms with Crippen LogP contribution in [0.3, 0.4) is 0 Å². The number of nitrogens with zero attached hydrogens (tertiary/aromatic N) is 2. The lowest BCUT2D eigenvalue weighted by Gasteiger charge is -2.56. The van der Waals surface area contributed by atoms with Gasteiger partial charge in [-0.2, -0.15) is 4.31 Å². The highest BCUT2D eigenvalue weighted by molar-refractivity contribution is 7.89. The van der Waals surface area contributed by atoms with Crippen LogP contribution in [0.1, 0.15) is 50.5 Å². The highest BCUT2D eigenvalue weighted by atomic mass is 32.2. The summed E-state index contributed by atoms with van der Waals surface area (Å²) in [7, 11) is -3.35. The van der Waals surface area contributed by atoms with Crippen LogP contribution in [0.5, 0.6) is 0 Å². The summed E-state index contributed by atoms with van der Waals surface area (Å²) in [4.78, 5) is 14.9. The minimum atomic E-state index is -3.35. The predicted molar refractivity (Wildman–Crippen MR) is 127 cm³/mol. The molecule has 1 aromatic carbocycles. The molecule has 1 aromatic rings. The molecular formula is C25H37N3O3S. The quantitative estimate of drug-likeness (QED) is 0.680. The zero-order valence-corrected chi connectivity index (χ0v) is 20.1. The third-order valence-electron chi connectivity index (χ3n) is 8.38. The number of sulfonamides is 1. The minimum Gasteiger partial charge on any atom is -0.369 e. The molecule has 0 atom stereocenters. The van der Waals surface area contributed by atoms with Gasteiger partial charge in [0.2, 0.25) is 15.9 Å². The van der Waals surface area contributed by atoms with E-state index in [0.717, 1.165) is 23.4 Å². The third-order valence-corrected chi connectivity index (χ3v) is 10.3. The zero-order chi connectivity index (χ0) is 22.3. The third kappa shape index (κ3) is 4.69. The molecule has 4 saturated carbocycles. The van der Waals surface area contributed by atoms with Crippen LogP contribution in [0.2, 0.25) is 0 Å². The van der Waals surface area contributed by atoms with Crippen LogP contribution in [0.15, 0.2) is 24.3 Å². The summed E-state index contributed by atoms with van der Waals surface area (Å²) in [6.45, 7) is 4.67. The standard InChI is InChI=1S/C25H37N3O3S/c1-19-3-2-4-23(11-19)27-6-8-28(9-7-27)32(30,31)10-5-26-24(29)18-25-15-20-12-21(16-25)14-22(13-20)17-25/h2-4,11,20-22H,5-10,12-18H2,1H3,(H,26,29). The van der Waals surface area contributed by atoms with Crippen LogP contribution in [-0.4, -0.2) is 57.1 Å². The van der Waals surface area contributed by atoms with E-state index >= 15 is 0 Å². The average molecular weight is 460 g/mol. The van der Waals surface area contributed by atoms with Crippen LogP contribution in [-0.2, 0) is 14.8 Å². The number of benzene rings is 1. The maximum Gasteiger partial charge on any atom is 0.220 e. The lowest BCUT2D eigenvalue weighted by molar-refractivity contribution is -0.129. The molecule has 7 heteroatoms. The Morgan fingerprint density at radius 3 is 2.25 bits per heavy atom. The summed E-state index contributed by atoms with van der Waals surface area (Å²) in [6, 6.07) is 8.33. The Morgan fingerprint density at radius 2 is 1.66 bits per heavy atom. The van der Waals surface area contributed by atoms with E-state index in [0.29, 0.717) is 32.6 Å². The van der Waals surface area contributed by atoms with E-state index in [4.69, 9.17) is 0 Å². The lowest BCUT2D eigenvalue weighted by atomic mass is 9.49. The van der Waals surface area contributed by atoms with Gasteiger partial charge in [-0.3, -0.25) is 4.79 Å². The largest absolute Gasteiger partial charge is 0.369 e. The van der Waals surface area contributed by atoms with Crippen LogP contribution in [0.25, 0.3) is 0 Å². The minimum absolute atomic E-state index is 0.00986. The number of amides is 1. The van der Waals surface area contributed by atoms with Crippen molar-refractivity contribution in [3.05, 3.63) is 29.8 Å². The van der Waals surface area contributed by atoms with Crippen LogP contribution in [0.4, 0.5) is 5.69 Å². The molecule has 176 valence electrons. The van der Waals surface area contributed by atoms with Crippen molar-refractivity contribution in [2.75, 3.05) is 43.4 Å². The van der Waals surface area contributed by atoms with Crippen molar-refractivity contribution in [3.8, 4) is 0 Å². The number of piperazine rings is 1. The second-order valence-electron chi connectivity index (χ2n) is 11.0. The van der Waals surface area contributed by atoms with Crippen molar-refractivity contribution in [2.24, 2.45) is 23.2 Å². The van der Waals surface area contributed by atoms with Gasteiger partial charge in [0.05, 0.1) is 5.75 Å². The first-order valence-electron chi connectivity index (χ1n) is 12.4. The summed E-state index contributed by atoms with van der Waals surface area (Å²) in [5.41, 5.74) is 2.56. The van der Waals surface area contributed by atoms with Gasteiger partial charge in [0.1, 0.15) is 0 Å². The lowest BCUT2D eigenvalue weighted by Crippen LogP contribution is -2.50. The molecule has 4 aliphatic carbocycles. The number of nitrogens with one attached hydrogen (secondary N) is 1. The van der Waals surface area contributed by atoms with Crippen LogP contribution >= 0.6 is 0 Å². The Labute approximate surface area is 192 Å². The highest BCUT2D eigenvalue weighted by Gasteiger charge is 2.51. The molecule has 32 heavy (non-hydrogen) atoms. The normalized spacial score (nSPS) is 32.3. The summed E-state index contributed by atoms with van der Waals surface area (Å²) in [5, 5.41) is 2.94. The van der Waals surface area contributed by atoms with Crippen molar-refractivity contribution < 1.29 is 13.2 Å². The Morgan fingerprint density at radius 1 is 1.03 bits per heavy atom. The fraction of sp³-hybridized carbons (Fsp3) is 0.720. The summed E-state index contributed by atoms with van der Waals surface area (Å²) < 4.78 is 27.2. The van der Waals surface area contributed by atoms with Gasteiger partial charge >= 0.3 is 0 Å². The molecule has 0 spiro atoms. The Balaban J connectivity index is 1.08. The predicted octanol–water partition coefficient (Wildman–Crippen LogP) is 3.17. The number of hydrogen-bond donors (Lipinski definition) is 1. The molecule has 1 aliphatic heterocycles. The van der Waals surface area contributed by atoms with E-state index in [1.165, 1.54) is 44.1 Å².